The molecule has 0 amide bonds. The van der Waals surface area contributed by atoms with E-state index < -0.39 is 0 Å². The van der Waals surface area contributed by atoms with Crippen LogP contribution in [0.1, 0.15) is 73.5 Å². The lowest BCUT2D eigenvalue weighted by atomic mass is 9.88. The molecule has 1 heterocycles. The highest BCUT2D eigenvalue weighted by atomic mass is 15.0. The molecule has 0 aliphatic heterocycles. The molecule has 1 unspecified atom stereocenters. The van der Waals surface area contributed by atoms with E-state index in [9.17, 15) is 0 Å². The van der Waals surface area contributed by atoms with E-state index in [1.54, 1.807) is 0 Å². The number of nitrogens with zero attached hydrogens (tertiary/aromatic N) is 3. The predicted molar refractivity (Wildman–Crippen MR) is 238 cm³/mol. The van der Waals surface area contributed by atoms with Crippen molar-refractivity contribution in [3.8, 4) is 27.9 Å². The zero-order chi connectivity index (χ0) is 38.3. The van der Waals surface area contributed by atoms with Gasteiger partial charge in [-0.15, -0.1) is 0 Å². The average molecular weight is 716 g/mol. The lowest BCUT2D eigenvalue weighted by Gasteiger charge is -2.21. The second-order valence-electron chi connectivity index (χ2n) is 14.0. The van der Waals surface area contributed by atoms with Crippen LogP contribution in [0.3, 0.4) is 0 Å². The van der Waals surface area contributed by atoms with Gasteiger partial charge in [0.05, 0.1) is 23.5 Å². The van der Waals surface area contributed by atoms with E-state index in [1.165, 1.54) is 27.7 Å². The van der Waals surface area contributed by atoms with Crippen molar-refractivity contribution >= 4 is 35.1 Å². The summed E-state index contributed by atoms with van der Waals surface area (Å²) in [5.74, 6) is 0.414. The standard InChI is InChI=1S/C50H43N3.C2H6/c1-34-16-13-25-43(41-22-15-23-42(32-41)53-46-27-12-11-24-44(46)45-26-14-17-35(2)50(45)53)47(34)49(52-33-37-18-7-5-8-19-37)36(3)48(51-4)40-30-28-39(29-31-40)38-20-9-6-10-21-38;1-2/h5-16,18-32,35H,4,17,33H2,1-3H3;1-2H3/b48-36-,52-49?;. The van der Waals surface area contributed by atoms with E-state index in [4.69, 9.17) is 4.99 Å². The van der Waals surface area contributed by atoms with Gasteiger partial charge >= 0.3 is 0 Å². The third-order valence-electron chi connectivity index (χ3n) is 10.5. The summed E-state index contributed by atoms with van der Waals surface area (Å²) in [4.78, 5) is 10.1. The maximum absolute atomic E-state index is 5.41. The molecule has 0 saturated carbocycles. The smallest absolute Gasteiger partial charge is 0.0745 e. The highest BCUT2D eigenvalue weighted by molar-refractivity contribution is 6.20. The quantitative estimate of drug-likeness (QED) is 0.133. The zero-order valence-corrected chi connectivity index (χ0v) is 32.6. The molecule has 272 valence electrons. The molecular weight excluding hydrogens is 667 g/mol. The Hall–Kier alpha value is -6.32. The Bertz CT molecular complexity index is 2530. The van der Waals surface area contributed by atoms with Crippen molar-refractivity contribution in [2.24, 2.45) is 9.98 Å². The highest BCUT2D eigenvalue weighted by Crippen LogP contribution is 2.40. The number of hydrogen-bond donors (Lipinski definition) is 0. The molecule has 0 N–H and O–H groups in total. The molecule has 0 spiro atoms. The van der Waals surface area contributed by atoms with E-state index in [-0.39, 0.29) is 0 Å². The molecule has 1 aliphatic carbocycles. The number of para-hydroxylation sites is 1. The van der Waals surface area contributed by atoms with Gasteiger partial charge in [-0.25, -0.2) is 0 Å². The van der Waals surface area contributed by atoms with Crippen LogP contribution in [0, 0.1) is 6.92 Å². The molecular formula is C52H49N3. The summed E-state index contributed by atoms with van der Waals surface area (Å²) >= 11 is 0. The molecule has 3 heteroatoms. The SMILES string of the molecule is C=N/C(=C(/C)C(=NCc1ccccc1)c1c(C)cccc1-c1cccc(-n2c3c(c4ccccc42)C=CCC3C)c1)c1ccc(-c2ccccc2)cc1.CC. The number of rotatable bonds is 9. The van der Waals surface area contributed by atoms with Crippen LogP contribution in [-0.2, 0) is 6.54 Å². The van der Waals surface area contributed by atoms with Gasteiger partial charge in [-0.05, 0) is 78.6 Å². The van der Waals surface area contributed by atoms with Gasteiger partial charge < -0.3 is 4.57 Å². The molecule has 0 saturated heterocycles. The Morgan fingerprint density at radius 1 is 0.727 bits per heavy atom. The van der Waals surface area contributed by atoms with E-state index in [0.29, 0.717) is 12.5 Å². The minimum Gasteiger partial charge on any atom is -0.313 e. The van der Waals surface area contributed by atoms with Crippen LogP contribution in [0.4, 0.5) is 0 Å². The minimum atomic E-state index is 0.414. The maximum atomic E-state index is 5.41. The van der Waals surface area contributed by atoms with Gasteiger partial charge in [0, 0.05) is 44.9 Å². The first-order chi connectivity index (χ1) is 27.0. The predicted octanol–water partition coefficient (Wildman–Crippen LogP) is 13.9. The average Bonchev–Trinajstić information content (AvgIpc) is 3.59. The Balaban J connectivity index is 0.00000229. The molecule has 55 heavy (non-hydrogen) atoms. The second kappa shape index (κ2) is 16.8. The number of aliphatic imine (C=N–C) groups is 2. The number of benzene rings is 6. The lowest BCUT2D eigenvalue weighted by Crippen LogP contribution is -2.11. The Morgan fingerprint density at radius 2 is 1.38 bits per heavy atom. The third-order valence-corrected chi connectivity index (χ3v) is 10.5. The maximum Gasteiger partial charge on any atom is 0.0745 e. The summed E-state index contributed by atoms with van der Waals surface area (Å²) < 4.78 is 2.48. The number of hydrogen-bond acceptors (Lipinski definition) is 2. The summed E-state index contributed by atoms with van der Waals surface area (Å²) in [6.45, 7) is 15.3. The number of allylic oxidation sites excluding steroid dienone is 2. The number of fused-ring (bicyclic) bond motifs is 3. The first-order valence-electron chi connectivity index (χ1n) is 19.4. The van der Waals surface area contributed by atoms with E-state index in [2.05, 4.69) is 189 Å². The van der Waals surface area contributed by atoms with Crippen molar-refractivity contribution in [2.45, 2.75) is 53.5 Å². The van der Waals surface area contributed by atoms with Gasteiger partial charge in [-0.2, -0.15) is 0 Å². The van der Waals surface area contributed by atoms with Gasteiger partial charge in [-0.1, -0.05) is 166 Å². The van der Waals surface area contributed by atoms with Crippen LogP contribution in [0.2, 0.25) is 0 Å². The number of aromatic nitrogens is 1. The van der Waals surface area contributed by atoms with Crippen molar-refractivity contribution in [1.29, 1.82) is 0 Å². The number of aryl methyl sites for hydroxylation is 1. The first kappa shape index (κ1) is 37.0. The molecule has 7 aromatic rings. The molecule has 0 bridgehead atoms. The Morgan fingerprint density at radius 3 is 2.13 bits per heavy atom. The molecule has 6 aromatic carbocycles. The summed E-state index contributed by atoms with van der Waals surface area (Å²) in [5, 5.41) is 1.30. The van der Waals surface area contributed by atoms with Crippen LogP contribution >= 0.6 is 0 Å². The highest BCUT2D eigenvalue weighted by Gasteiger charge is 2.24. The molecule has 8 rings (SSSR count). The van der Waals surface area contributed by atoms with Crippen molar-refractivity contribution in [3.05, 3.63) is 197 Å². The second-order valence-corrected chi connectivity index (χ2v) is 14.0. The van der Waals surface area contributed by atoms with Crippen molar-refractivity contribution < 1.29 is 0 Å². The molecule has 1 aromatic heterocycles. The largest absolute Gasteiger partial charge is 0.313 e. The Labute approximate surface area is 326 Å². The van der Waals surface area contributed by atoms with Crippen LogP contribution in [0.25, 0.3) is 50.6 Å². The van der Waals surface area contributed by atoms with Crippen LogP contribution in [-0.4, -0.2) is 17.0 Å². The molecule has 1 atom stereocenters. The topological polar surface area (TPSA) is 29.6 Å². The molecule has 1 aliphatic rings. The Kier molecular flexibility index (Phi) is 11.3. The molecule has 0 fully saturated rings. The van der Waals surface area contributed by atoms with E-state index >= 15 is 0 Å². The lowest BCUT2D eigenvalue weighted by molar-refractivity contribution is 0.723. The van der Waals surface area contributed by atoms with Gasteiger partial charge in [-0.3, -0.25) is 9.98 Å². The first-order valence-corrected chi connectivity index (χ1v) is 19.4. The van der Waals surface area contributed by atoms with Gasteiger partial charge in [0.2, 0.25) is 0 Å². The summed E-state index contributed by atoms with van der Waals surface area (Å²) in [5.41, 5.74) is 16.9. The van der Waals surface area contributed by atoms with Crippen LogP contribution < -0.4 is 0 Å². The van der Waals surface area contributed by atoms with Gasteiger partial charge in [0.25, 0.3) is 0 Å². The van der Waals surface area contributed by atoms with Crippen molar-refractivity contribution in [1.82, 2.24) is 4.57 Å². The molecule has 0 radical (unpaired) electrons. The fraction of sp³-hybridized carbons (Fsp3) is 0.154. The summed E-state index contributed by atoms with van der Waals surface area (Å²) in [7, 11) is 0. The molecule has 3 nitrogen and oxygen atoms in total. The van der Waals surface area contributed by atoms with Crippen molar-refractivity contribution in [2.75, 3.05) is 0 Å². The van der Waals surface area contributed by atoms with E-state index in [0.717, 1.165) is 68.0 Å². The monoisotopic (exact) mass is 715 g/mol. The summed E-state index contributed by atoms with van der Waals surface area (Å²) in [6.07, 6.45) is 5.66. The van der Waals surface area contributed by atoms with Gasteiger partial charge in [0.15, 0.2) is 0 Å². The van der Waals surface area contributed by atoms with Gasteiger partial charge in [0.1, 0.15) is 0 Å². The minimum absolute atomic E-state index is 0.414. The summed E-state index contributed by atoms with van der Waals surface area (Å²) in [6, 6.07) is 53.9. The van der Waals surface area contributed by atoms with Crippen LogP contribution in [0.5, 0.6) is 0 Å². The zero-order valence-electron chi connectivity index (χ0n) is 32.6. The normalized spacial score (nSPS) is 14.1. The fourth-order valence-corrected chi connectivity index (χ4v) is 7.89. The fourth-order valence-electron chi connectivity index (χ4n) is 7.89. The van der Waals surface area contributed by atoms with E-state index in [1.807, 2.05) is 26.0 Å². The van der Waals surface area contributed by atoms with Crippen LogP contribution in [0.15, 0.2) is 173 Å². The third kappa shape index (κ3) is 7.43. The van der Waals surface area contributed by atoms with Crippen molar-refractivity contribution in [3.63, 3.8) is 0 Å².